The highest BCUT2D eigenvalue weighted by molar-refractivity contribution is 6.21. The zero-order valence-electron chi connectivity index (χ0n) is 14.1. The summed E-state index contributed by atoms with van der Waals surface area (Å²) in [7, 11) is 2.05. The molecular weight excluding hydrogens is 290 g/mol. The van der Waals surface area contributed by atoms with Crippen molar-refractivity contribution in [1.29, 1.82) is 0 Å². The van der Waals surface area contributed by atoms with Gasteiger partial charge in [-0.2, -0.15) is 0 Å². The fraction of sp³-hybridized carbons (Fsp3) is 0.300. The number of nitrogens with zero attached hydrogens (tertiary/aromatic N) is 1. The molecule has 0 radical (unpaired) electrons. The van der Waals surface area contributed by atoms with Gasteiger partial charge in [0.2, 0.25) is 0 Å². The summed E-state index contributed by atoms with van der Waals surface area (Å²) in [6.07, 6.45) is 6.11. The zero-order chi connectivity index (χ0) is 16.7. The first-order valence-corrected chi connectivity index (χ1v) is 7.90. The summed E-state index contributed by atoms with van der Waals surface area (Å²) < 4.78 is 0. The van der Waals surface area contributed by atoms with Crippen LogP contribution in [0, 0.1) is 0 Å². The predicted molar refractivity (Wildman–Crippen MR) is 101 cm³/mol. The van der Waals surface area contributed by atoms with Crippen LogP contribution in [0.15, 0.2) is 60.7 Å². The van der Waals surface area contributed by atoms with Gasteiger partial charge in [-0.15, -0.1) is 11.6 Å². The molecule has 0 saturated heterocycles. The normalized spacial score (nSPS) is 12.5. The van der Waals surface area contributed by atoms with Gasteiger partial charge in [-0.1, -0.05) is 61.2 Å². The molecule has 0 bridgehead atoms. The fourth-order valence-electron chi connectivity index (χ4n) is 2.32. The van der Waals surface area contributed by atoms with Crippen LogP contribution in [0.2, 0.25) is 0 Å². The number of hydrogen-bond donors (Lipinski definition) is 0. The van der Waals surface area contributed by atoms with Gasteiger partial charge >= 0.3 is 0 Å². The summed E-state index contributed by atoms with van der Waals surface area (Å²) >= 11 is 6.12. The van der Waals surface area contributed by atoms with Crippen LogP contribution in [0.25, 0.3) is 11.8 Å². The maximum Gasteiger partial charge on any atom is 0.0494 e. The van der Waals surface area contributed by atoms with Crippen LogP contribution in [0.3, 0.4) is 0 Å². The molecule has 22 heavy (non-hydrogen) atoms. The zero-order valence-corrected chi connectivity index (χ0v) is 14.8. The van der Waals surface area contributed by atoms with Crippen molar-refractivity contribution in [3.8, 4) is 0 Å². The largest absolute Gasteiger partial charge is 0.370 e. The number of hydrogen-bond acceptors (Lipinski definition) is 1. The minimum Gasteiger partial charge on any atom is -0.370 e. The highest BCUT2D eigenvalue weighted by Gasteiger charge is 2.09. The Bertz CT molecular complexity index is 589. The molecule has 0 saturated carbocycles. The highest BCUT2D eigenvalue weighted by Crippen LogP contribution is 2.22. The molecule has 0 fully saturated rings. The van der Waals surface area contributed by atoms with E-state index in [0.717, 1.165) is 23.4 Å². The van der Waals surface area contributed by atoms with Crippen molar-refractivity contribution in [1.82, 2.24) is 4.90 Å². The minimum absolute atomic E-state index is 0.00715. The molecule has 0 aliphatic carbocycles. The van der Waals surface area contributed by atoms with Gasteiger partial charge in [-0.25, -0.2) is 0 Å². The van der Waals surface area contributed by atoms with Gasteiger partial charge in [-0.3, -0.25) is 0 Å². The van der Waals surface area contributed by atoms with Gasteiger partial charge in [0.25, 0.3) is 0 Å². The molecule has 0 aliphatic heterocycles. The summed E-state index contributed by atoms with van der Waals surface area (Å²) in [5.74, 6) is 0. The van der Waals surface area contributed by atoms with Crippen molar-refractivity contribution >= 4 is 23.4 Å². The van der Waals surface area contributed by atoms with Crippen molar-refractivity contribution in [2.24, 2.45) is 0 Å². The van der Waals surface area contributed by atoms with E-state index in [1.54, 1.807) is 0 Å². The summed E-state index contributed by atoms with van der Waals surface area (Å²) in [5.41, 5.74) is 5.63. The molecule has 0 heterocycles. The van der Waals surface area contributed by atoms with E-state index in [4.69, 9.17) is 11.6 Å². The summed E-state index contributed by atoms with van der Waals surface area (Å²) in [5, 5.41) is 0.00715. The first-order chi connectivity index (χ1) is 10.3. The standard InChI is InChI=1S/C20H26ClN/c1-7-19-10-8-9-11-20(19)17(5)22(6)14-18(12-15(2)3)13-16(4)21/h7-13,16H,1,5,14H2,2-4,6H3/b18-13+. The molecule has 1 aromatic carbocycles. The predicted octanol–water partition coefficient (Wildman–Crippen LogP) is 5.75. The van der Waals surface area contributed by atoms with E-state index >= 15 is 0 Å². The second kappa shape index (κ2) is 8.65. The molecule has 0 amide bonds. The molecule has 0 N–H and O–H groups in total. The molecule has 1 aromatic rings. The second-order valence-corrected chi connectivity index (χ2v) is 6.42. The Kier molecular flexibility index (Phi) is 7.20. The lowest BCUT2D eigenvalue weighted by Gasteiger charge is -2.24. The topological polar surface area (TPSA) is 3.24 Å². The van der Waals surface area contributed by atoms with Crippen molar-refractivity contribution in [3.05, 3.63) is 71.8 Å². The lowest BCUT2D eigenvalue weighted by atomic mass is 10.0. The number of allylic oxidation sites excluding steroid dienone is 2. The van der Waals surface area contributed by atoms with E-state index in [2.05, 4.69) is 56.2 Å². The van der Waals surface area contributed by atoms with Crippen molar-refractivity contribution in [2.45, 2.75) is 26.1 Å². The Balaban J connectivity index is 2.99. The molecule has 1 unspecified atom stereocenters. The van der Waals surface area contributed by atoms with Crippen LogP contribution in [-0.4, -0.2) is 23.9 Å². The number of benzene rings is 1. The van der Waals surface area contributed by atoms with Crippen LogP contribution in [-0.2, 0) is 0 Å². The molecule has 0 aliphatic rings. The van der Waals surface area contributed by atoms with Crippen LogP contribution in [0.4, 0.5) is 0 Å². The SMILES string of the molecule is C=Cc1ccccc1C(=C)N(C)C/C(C=C(C)C)=C/C(C)Cl. The lowest BCUT2D eigenvalue weighted by molar-refractivity contribution is 0.527. The molecule has 1 rings (SSSR count). The quantitative estimate of drug-likeness (QED) is 0.457. The Morgan fingerprint density at radius 3 is 2.50 bits per heavy atom. The van der Waals surface area contributed by atoms with Crippen LogP contribution in [0.5, 0.6) is 0 Å². The minimum atomic E-state index is 0.00715. The van der Waals surface area contributed by atoms with Gasteiger partial charge < -0.3 is 4.90 Å². The number of alkyl halides is 1. The highest BCUT2D eigenvalue weighted by atomic mass is 35.5. The first kappa shape index (κ1) is 18.3. The lowest BCUT2D eigenvalue weighted by Crippen LogP contribution is -2.19. The molecule has 0 spiro atoms. The van der Waals surface area contributed by atoms with Crippen LogP contribution in [0.1, 0.15) is 31.9 Å². The summed E-state index contributed by atoms with van der Waals surface area (Å²) in [6, 6.07) is 8.16. The average molecular weight is 316 g/mol. The molecule has 2 heteroatoms. The van der Waals surface area contributed by atoms with E-state index in [0.29, 0.717) is 0 Å². The van der Waals surface area contributed by atoms with Crippen LogP contribution < -0.4 is 0 Å². The van der Waals surface area contributed by atoms with Crippen molar-refractivity contribution in [3.63, 3.8) is 0 Å². The smallest absolute Gasteiger partial charge is 0.0494 e. The van der Waals surface area contributed by atoms with E-state index < -0.39 is 0 Å². The molecule has 1 nitrogen and oxygen atoms in total. The molecular formula is C20H26ClN. The van der Waals surface area contributed by atoms with Gasteiger partial charge in [0, 0.05) is 30.2 Å². The number of halogens is 1. The third kappa shape index (κ3) is 5.57. The Labute approximate surface area is 140 Å². The molecule has 0 aromatic heterocycles. The molecule has 118 valence electrons. The Hall–Kier alpha value is -1.73. The van der Waals surface area contributed by atoms with E-state index in [-0.39, 0.29) is 5.38 Å². The summed E-state index contributed by atoms with van der Waals surface area (Å²) in [6.45, 7) is 15.0. The Morgan fingerprint density at radius 1 is 1.32 bits per heavy atom. The Morgan fingerprint density at radius 2 is 1.95 bits per heavy atom. The fourth-order valence-corrected chi connectivity index (χ4v) is 2.49. The first-order valence-electron chi connectivity index (χ1n) is 7.46. The van der Waals surface area contributed by atoms with Crippen molar-refractivity contribution < 1.29 is 0 Å². The number of rotatable bonds is 7. The maximum absolute atomic E-state index is 6.12. The third-order valence-electron chi connectivity index (χ3n) is 3.29. The monoisotopic (exact) mass is 315 g/mol. The van der Waals surface area contributed by atoms with E-state index in [1.807, 2.05) is 32.2 Å². The van der Waals surface area contributed by atoms with Crippen LogP contribution >= 0.6 is 11.6 Å². The van der Waals surface area contributed by atoms with Gasteiger partial charge in [0.1, 0.15) is 0 Å². The third-order valence-corrected chi connectivity index (χ3v) is 3.42. The van der Waals surface area contributed by atoms with Gasteiger partial charge in [0.05, 0.1) is 0 Å². The maximum atomic E-state index is 6.12. The summed E-state index contributed by atoms with van der Waals surface area (Å²) in [4.78, 5) is 2.15. The average Bonchev–Trinajstić information content (AvgIpc) is 2.44. The second-order valence-electron chi connectivity index (χ2n) is 5.73. The van der Waals surface area contributed by atoms with E-state index in [9.17, 15) is 0 Å². The molecule has 1 atom stereocenters. The van der Waals surface area contributed by atoms with E-state index in [1.165, 1.54) is 11.1 Å². The number of likely N-dealkylation sites (N-methyl/N-ethyl adjacent to an activating group) is 1. The van der Waals surface area contributed by atoms with Crippen molar-refractivity contribution in [2.75, 3.05) is 13.6 Å². The van der Waals surface area contributed by atoms with Gasteiger partial charge in [-0.05, 0) is 31.9 Å². The van der Waals surface area contributed by atoms with Gasteiger partial charge in [0.15, 0.2) is 0 Å².